The highest BCUT2D eigenvalue weighted by Crippen LogP contribution is 1.94. The van der Waals surface area contributed by atoms with E-state index in [1.54, 1.807) is 0 Å². The summed E-state index contributed by atoms with van der Waals surface area (Å²) in [5, 5.41) is 8.23. The summed E-state index contributed by atoms with van der Waals surface area (Å²) in [6, 6.07) is 0. The van der Waals surface area contributed by atoms with Crippen molar-refractivity contribution in [3.63, 3.8) is 0 Å². The van der Waals surface area contributed by atoms with Crippen LogP contribution < -0.4 is 0 Å². The van der Waals surface area contributed by atoms with E-state index in [0.717, 1.165) is 26.3 Å². The molecule has 0 radical (unpaired) electrons. The number of carbonyl (C=O) groups is 1. The van der Waals surface area contributed by atoms with Crippen LogP contribution in [0.5, 0.6) is 0 Å². The summed E-state index contributed by atoms with van der Waals surface area (Å²) >= 11 is 0. The predicted octanol–water partition coefficient (Wildman–Crippen LogP) is -0.593. The van der Waals surface area contributed by atoms with E-state index in [2.05, 4.69) is 16.7 Å². The molecule has 0 aromatic carbocycles. The Balaban J connectivity index is 2.22. The molecular formula is C8H11NO3. The van der Waals surface area contributed by atoms with Gasteiger partial charge in [-0.1, -0.05) is 5.92 Å². The van der Waals surface area contributed by atoms with Crippen molar-refractivity contribution < 1.29 is 14.6 Å². The summed E-state index contributed by atoms with van der Waals surface area (Å²) in [6.45, 7) is 3.64. The number of ether oxygens (including phenoxy) is 1. The average molecular weight is 169 g/mol. The molecule has 0 saturated carbocycles. The maximum Gasteiger partial charge on any atom is 0.381 e. The van der Waals surface area contributed by atoms with Crippen molar-refractivity contribution in [1.29, 1.82) is 0 Å². The number of carboxylic acids is 1. The van der Waals surface area contributed by atoms with Crippen molar-refractivity contribution in [3.8, 4) is 11.8 Å². The monoisotopic (exact) mass is 169 g/mol. The molecule has 1 aliphatic heterocycles. The van der Waals surface area contributed by atoms with Crippen molar-refractivity contribution >= 4 is 5.97 Å². The van der Waals surface area contributed by atoms with E-state index in [9.17, 15) is 4.79 Å². The highest BCUT2D eigenvalue weighted by Gasteiger charge is 2.07. The molecule has 0 unspecified atom stereocenters. The second-order valence-electron chi connectivity index (χ2n) is 2.50. The van der Waals surface area contributed by atoms with E-state index in [4.69, 9.17) is 9.84 Å². The minimum atomic E-state index is -1.07. The molecule has 0 atom stereocenters. The number of morpholine rings is 1. The first kappa shape index (κ1) is 9.04. The fraction of sp³-hybridized carbons (Fsp3) is 0.625. The van der Waals surface area contributed by atoms with Gasteiger partial charge in [-0.2, -0.15) is 0 Å². The summed E-state index contributed by atoms with van der Waals surface area (Å²) in [4.78, 5) is 12.1. The second-order valence-corrected chi connectivity index (χ2v) is 2.50. The van der Waals surface area contributed by atoms with E-state index in [-0.39, 0.29) is 0 Å². The third kappa shape index (κ3) is 3.37. The van der Waals surface area contributed by atoms with Gasteiger partial charge in [0.2, 0.25) is 0 Å². The molecule has 1 aliphatic rings. The summed E-state index contributed by atoms with van der Waals surface area (Å²) in [7, 11) is 0. The molecule has 0 spiro atoms. The number of aliphatic carboxylic acids is 1. The van der Waals surface area contributed by atoms with E-state index in [1.165, 1.54) is 0 Å². The molecule has 66 valence electrons. The third-order valence-corrected chi connectivity index (χ3v) is 1.60. The molecule has 4 nitrogen and oxygen atoms in total. The SMILES string of the molecule is O=C(O)C#CCN1CCOCC1. The molecule has 1 rings (SSSR count). The van der Waals surface area contributed by atoms with Gasteiger partial charge in [-0.3, -0.25) is 4.90 Å². The first-order valence-electron chi connectivity index (χ1n) is 3.81. The minimum absolute atomic E-state index is 0.523. The zero-order chi connectivity index (χ0) is 8.81. The van der Waals surface area contributed by atoms with Crippen LogP contribution in [-0.4, -0.2) is 48.8 Å². The molecule has 4 heteroatoms. The Morgan fingerprint density at radius 3 is 2.75 bits per heavy atom. The Morgan fingerprint density at radius 2 is 2.17 bits per heavy atom. The topological polar surface area (TPSA) is 49.8 Å². The van der Waals surface area contributed by atoms with Gasteiger partial charge in [-0.05, 0) is 0 Å². The molecule has 0 bridgehead atoms. The van der Waals surface area contributed by atoms with Gasteiger partial charge < -0.3 is 9.84 Å². The quantitative estimate of drug-likeness (QED) is 0.533. The number of hydrogen-bond donors (Lipinski definition) is 1. The number of hydrogen-bond acceptors (Lipinski definition) is 3. The summed E-state index contributed by atoms with van der Waals surface area (Å²) in [5.41, 5.74) is 0. The Hall–Kier alpha value is -1.05. The molecule has 0 aliphatic carbocycles. The van der Waals surface area contributed by atoms with Gasteiger partial charge in [0.1, 0.15) is 0 Å². The lowest BCUT2D eigenvalue weighted by Gasteiger charge is -2.24. The van der Waals surface area contributed by atoms with Crippen LogP contribution in [0.25, 0.3) is 0 Å². The van der Waals surface area contributed by atoms with Crippen LogP contribution in [-0.2, 0) is 9.53 Å². The van der Waals surface area contributed by atoms with E-state index in [1.807, 2.05) is 0 Å². The smallest absolute Gasteiger partial charge is 0.381 e. The summed E-state index contributed by atoms with van der Waals surface area (Å²) in [5.74, 6) is 3.59. The zero-order valence-electron chi connectivity index (χ0n) is 6.75. The van der Waals surface area contributed by atoms with Crippen molar-refractivity contribution in [1.82, 2.24) is 4.90 Å². The molecule has 12 heavy (non-hydrogen) atoms. The molecule has 1 saturated heterocycles. The van der Waals surface area contributed by atoms with Crippen molar-refractivity contribution in [2.24, 2.45) is 0 Å². The van der Waals surface area contributed by atoms with Crippen molar-refractivity contribution in [2.75, 3.05) is 32.8 Å². The van der Waals surface area contributed by atoms with E-state index >= 15 is 0 Å². The Morgan fingerprint density at radius 1 is 1.50 bits per heavy atom. The van der Waals surface area contributed by atoms with Gasteiger partial charge in [0.05, 0.1) is 19.8 Å². The van der Waals surface area contributed by atoms with E-state index < -0.39 is 5.97 Å². The van der Waals surface area contributed by atoms with Crippen LogP contribution in [0, 0.1) is 11.8 Å². The fourth-order valence-electron chi connectivity index (χ4n) is 0.986. The molecule has 1 fully saturated rings. The van der Waals surface area contributed by atoms with Gasteiger partial charge in [0.15, 0.2) is 0 Å². The zero-order valence-corrected chi connectivity index (χ0v) is 6.75. The maximum atomic E-state index is 10.0. The van der Waals surface area contributed by atoms with Crippen LogP contribution in [0.1, 0.15) is 0 Å². The standard InChI is InChI=1S/C8H11NO3/c10-8(11)2-1-3-9-4-6-12-7-5-9/h3-7H2,(H,10,11). The maximum absolute atomic E-state index is 10.0. The number of carboxylic acid groups (broad SMARTS) is 1. The Labute approximate surface area is 71.1 Å². The van der Waals surface area contributed by atoms with Crippen LogP contribution in [0.3, 0.4) is 0 Å². The van der Waals surface area contributed by atoms with Gasteiger partial charge >= 0.3 is 5.97 Å². The highest BCUT2D eigenvalue weighted by molar-refractivity contribution is 5.86. The van der Waals surface area contributed by atoms with Crippen LogP contribution >= 0.6 is 0 Å². The van der Waals surface area contributed by atoms with Gasteiger partial charge in [0.25, 0.3) is 0 Å². The van der Waals surface area contributed by atoms with Crippen LogP contribution in [0.15, 0.2) is 0 Å². The lowest BCUT2D eigenvalue weighted by Crippen LogP contribution is -2.36. The highest BCUT2D eigenvalue weighted by atomic mass is 16.5. The minimum Gasteiger partial charge on any atom is -0.472 e. The normalized spacial score (nSPS) is 18.0. The van der Waals surface area contributed by atoms with Gasteiger partial charge in [-0.15, -0.1) is 0 Å². The van der Waals surface area contributed by atoms with Crippen LogP contribution in [0.4, 0.5) is 0 Å². The second kappa shape index (κ2) is 4.75. The fourth-order valence-corrected chi connectivity index (χ4v) is 0.986. The van der Waals surface area contributed by atoms with Crippen molar-refractivity contribution in [3.05, 3.63) is 0 Å². The summed E-state index contributed by atoms with van der Waals surface area (Å²) < 4.78 is 5.12. The lowest BCUT2D eigenvalue weighted by molar-refractivity contribution is -0.130. The van der Waals surface area contributed by atoms with Gasteiger partial charge in [0, 0.05) is 19.0 Å². The average Bonchev–Trinajstić information content (AvgIpc) is 2.05. The first-order chi connectivity index (χ1) is 5.79. The third-order valence-electron chi connectivity index (χ3n) is 1.60. The van der Waals surface area contributed by atoms with Crippen LogP contribution in [0.2, 0.25) is 0 Å². The molecule has 1 N–H and O–H groups in total. The molecule has 0 amide bonds. The molecular weight excluding hydrogens is 158 g/mol. The lowest BCUT2D eigenvalue weighted by atomic mass is 10.4. The summed E-state index contributed by atoms with van der Waals surface area (Å²) in [6.07, 6.45) is 0. The largest absolute Gasteiger partial charge is 0.472 e. The van der Waals surface area contributed by atoms with Crippen molar-refractivity contribution in [2.45, 2.75) is 0 Å². The predicted molar refractivity (Wildman–Crippen MR) is 42.7 cm³/mol. The molecule has 0 aromatic heterocycles. The first-order valence-corrected chi connectivity index (χ1v) is 3.81. The molecule has 1 heterocycles. The Kier molecular flexibility index (Phi) is 3.58. The van der Waals surface area contributed by atoms with Gasteiger partial charge in [-0.25, -0.2) is 4.79 Å². The number of nitrogens with zero attached hydrogens (tertiary/aromatic N) is 1. The number of rotatable bonds is 1. The van der Waals surface area contributed by atoms with E-state index in [0.29, 0.717) is 6.54 Å². The Bertz CT molecular complexity index is 210. The molecule has 0 aromatic rings.